The highest BCUT2D eigenvalue weighted by molar-refractivity contribution is 5.99. The number of allylic oxidation sites excluding steroid dienone is 5. The van der Waals surface area contributed by atoms with Crippen LogP contribution in [0.1, 0.15) is 99.3 Å². The van der Waals surface area contributed by atoms with Gasteiger partial charge in [-0.1, -0.05) is 38.2 Å². The topological polar surface area (TPSA) is 155 Å². The molecule has 0 spiro atoms. The molecule has 17 atom stereocenters. The van der Waals surface area contributed by atoms with Crippen molar-refractivity contribution in [1.82, 2.24) is 0 Å². The minimum Gasteiger partial charge on any atom is -0.458 e. The summed E-state index contributed by atoms with van der Waals surface area (Å²) in [6.07, 6.45) is 12.3. The van der Waals surface area contributed by atoms with Crippen molar-refractivity contribution in [2.24, 2.45) is 41.4 Å². The number of hydrogen-bond acceptors (Lipinski definition) is 13. The van der Waals surface area contributed by atoms with E-state index in [0.717, 1.165) is 25.7 Å². The number of carbonyl (C=O) groups excluding carboxylic acids is 3. The average molecular weight is 875 g/mol. The van der Waals surface area contributed by atoms with Crippen LogP contribution in [-0.2, 0) is 52.2 Å². The van der Waals surface area contributed by atoms with E-state index >= 15 is 0 Å². The van der Waals surface area contributed by atoms with Crippen LogP contribution in [0.4, 0.5) is 4.79 Å². The molecule has 3 heterocycles. The summed E-state index contributed by atoms with van der Waals surface area (Å²) in [6, 6.07) is 0.0446. The minimum absolute atomic E-state index is 0.0135. The van der Waals surface area contributed by atoms with Gasteiger partial charge in [0.1, 0.15) is 24.4 Å². The number of ketones is 1. The molecule has 0 aromatic heterocycles. The van der Waals surface area contributed by atoms with Gasteiger partial charge in [-0.3, -0.25) is 14.1 Å². The maximum Gasteiger partial charge on any atom is 0.512 e. The Labute approximate surface area is 369 Å². The Hall–Kier alpha value is -2.69. The fourth-order valence-electron chi connectivity index (χ4n) is 11.4. The number of ether oxygens (including phenoxy) is 9. The van der Waals surface area contributed by atoms with Gasteiger partial charge >= 0.3 is 12.1 Å². The fraction of sp³-hybridized carbons (Fsp3) is 0.812. The summed E-state index contributed by atoms with van der Waals surface area (Å²) in [5.74, 6) is -1.03. The highest BCUT2D eigenvalue weighted by Crippen LogP contribution is 2.54. The van der Waals surface area contributed by atoms with Crippen molar-refractivity contribution in [2.45, 2.75) is 167 Å². The largest absolute Gasteiger partial charge is 0.512 e. The van der Waals surface area contributed by atoms with E-state index < -0.39 is 36.7 Å². The molecule has 0 radical (unpaired) electrons. The van der Waals surface area contributed by atoms with Gasteiger partial charge in [-0.05, 0) is 102 Å². The minimum atomic E-state index is -0.685. The number of likely N-dealkylation sites (N-methyl/N-ethyl adjacent to an activating group) is 1. The molecule has 0 aromatic carbocycles. The molecule has 6 aliphatic rings. The molecule has 14 heteroatoms. The van der Waals surface area contributed by atoms with Crippen LogP contribution >= 0.6 is 0 Å². The number of aliphatic hydroxyl groups excluding tert-OH is 1. The molecule has 1 N–H and O–H groups in total. The zero-order valence-corrected chi connectivity index (χ0v) is 38.9. The molecule has 3 saturated heterocycles. The first-order chi connectivity index (χ1) is 29.6. The summed E-state index contributed by atoms with van der Waals surface area (Å²) in [5.41, 5.74) is 0.695. The van der Waals surface area contributed by atoms with Crippen molar-refractivity contribution in [3.8, 4) is 0 Å². The number of esters is 1. The van der Waals surface area contributed by atoms with E-state index in [1.54, 1.807) is 28.1 Å². The Morgan fingerprint density at radius 1 is 0.952 bits per heavy atom. The summed E-state index contributed by atoms with van der Waals surface area (Å²) in [4.78, 5) is 40.8. The van der Waals surface area contributed by atoms with E-state index in [2.05, 4.69) is 25.2 Å². The van der Waals surface area contributed by atoms with Gasteiger partial charge in [0.05, 0.1) is 63.6 Å². The molecule has 0 amide bonds. The molecule has 14 nitrogen and oxygen atoms in total. The average Bonchev–Trinajstić information content (AvgIpc) is 3.81. The molecule has 350 valence electrons. The van der Waals surface area contributed by atoms with E-state index in [1.807, 2.05) is 47.0 Å². The lowest BCUT2D eigenvalue weighted by Gasteiger charge is -2.44. The molecule has 3 aliphatic carbocycles. The van der Waals surface area contributed by atoms with Gasteiger partial charge in [0.15, 0.2) is 18.4 Å². The normalized spacial score (nSPS) is 40.5. The molecule has 0 aromatic rings. The second-order valence-electron chi connectivity index (χ2n) is 19.5. The van der Waals surface area contributed by atoms with E-state index in [0.29, 0.717) is 35.7 Å². The summed E-state index contributed by atoms with van der Waals surface area (Å²) in [6.45, 7) is 11.5. The van der Waals surface area contributed by atoms with Gasteiger partial charge in [-0.25, -0.2) is 4.79 Å². The van der Waals surface area contributed by atoms with Crippen LogP contribution in [0, 0.1) is 41.4 Å². The Morgan fingerprint density at radius 3 is 2.39 bits per heavy atom. The zero-order valence-electron chi connectivity index (χ0n) is 38.9. The van der Waals surface area contributed by atoms with Crippen LogP contribution in [0.25, 0.3) is 0 Å². The maximum atomic E-state index is 14.9. The van der Waals surface area contributed by atoms with Crippen LogP contribution in [0.15, 0.2) is 36.0 Å². The molecule has 1 saturated carbocycles. The van der Waals surface area contributed by atoms with Crippen molar-refractivity contribution in [3.05, 3.63) is 36.0 Å². The first-order valence-corrected chi connectivity index (χ1v) is 23.3. The molecule has 0 bridgehead atoms. The summed E-state index contributed by atoms with van der Waals surface area (Å²) < 4.78 is 55.1. The lowest BCUT2D eigenvalue weighted by molar-refractivity contribution is -0.936. The smallest absolute Gasteiger partial charge is 0.458 e. The van der Waals surface area contributed by atoms with Gasteiger partial charge in [0, 0.05) is 38.9 Å². The number of nitrogens with zero attached hydrogens (tertiary/aromatic N) is 1. The van der Waals surface area contributed by atoms with Crippen molar-refractivity contribution in [2.75, 3.05) is 41.7 Å². The highest BCUT2D eigenvalue weighted by Gasteiger charge is 2.53. The standard InChI is InChI=1S/C48H76NO13/c1-11-12-14-32-15-13-16-41(62-43-20-19-40(29(5)58-43)49(7,8)26-56-48(53)57-27(2)3)28(4)44(52)38-23-36-34(37(38)24-42(51)60-32)18-17-31-21-33(22-35(31)36)61-47-39(25-50)46(55-10)45(54-9)30(6)59-47/h12,14,17-18,23,27-37,39-41,43,45-47,50H,11,13,15-16,19-22,24-26H2,1-10H3/q+1/b14-12+/t28-,29?,30?,31-,32+,33-,34-,35-,36-,37?,39?,40?,41+,43?,45?,46?,47?/m1/s1. The van der Waals surface area contributed by atoms with E-state index in [9.17, 15) is 19.5 Å². The molecule has 3 aliphatic heterocycles. The highest BCUT2D eigenvalue weighted by atomic mass is 16.7. The second-order valence-corrected chi connectivity index (χ2v) is 19.5. The number of fused-ring (bicyclic) bond motifs is 5. The Bertz CT molecular complexity index is 1610. The molecule has 62 heavy (non-hydrogen) atoms. The summed E-state index contributed by atoms with van der Waals surface area (Å²) in [7, 11) is 7.28. The predicted octanol–water partition coefficient (Wildman–Crippen LogP) is 6.67. The van der Waals surface area contributed by atoms with Crippen molar-refractivity contribution in [1.29, 1.82) is 0 Å². The van der Waals surface area contributed by atoms with Crippen molar-refractivity contribution < 1.29 is 66.6 Å². The van der Waals surface area contributed by atoms with E-state index in [4.69, 9.17) is 42.6 Å². The number of aliphatic hydroxyl groups is 1. The van der Waals surface area contributed by atoms with Crippen LogP contribution in [-0.4, -0.2) is 137 Å². The lowest BCUT2D eigenvalue weighted by atomic mass is 9.70. The Kier molecular flexibility index (Phi) is 16.9. The van der Waals surface area contributed by atoms with Gasteiger partial charge in [0.2, 0.25) is 6.73 Å². The molecular formula is C48H76NO13+. The molecule has 9 unspecified atom stereocenters. The Morgan fingerprint density at radius 2 is 1.71 bits per heavy atom. The van der Waals surface area contributed by atoms with Crippen LogP contribution in [0.3, 0.4) is 0 Å². The van der Waals surface area contributed by atoms with Crippen LogP contribution in [0.2, 0.25) is 0 Å². The molecular weight excluding hydrogens is 799 g/mol. The van der Waals surface area contributed by atoms with E-state index in [-0.39, 0.29) is 110 Å². The number of quaternary nitrogens is 1. The number of methoxy groups -OCH3 is 2. The third kappa shape index (κ3) is 11.2. The van der Waals surface area contributed by atoms with Crippen LogP contribution in [0.5, 0.6) is 0 Å². The van der Waals surface area contributed by atoms with Gasteiger partial charge in [-0.15, -0.1) is 0 Å². The summed E-state index contributed by atoms with van der Waals surface area (Å²) >= 11 is 0. The number of carbonyl (C=O) groups is 3. The zero-order chi connectivity index (χ0) is 44.9. The number of hydrogen-bond donors (Lipinski definition) is 1. The fourth-order valence-corrected chi connectivity index (χ4v) is 11.4. The monoisotopic (exact) mass is 875 g/mol. The second kappa shape index (κ2) is 21.5. The van der Waals surface area contributed by atoms with Gasteiger partial charge in [0.25, 0.3) is 0 Å². The van der Waals surface area contributed by atoms with Gasteiger partial charge < -0.3 is 47.7 Å². The molecule has 6 rings (SSSR count). The lowest BCUT2D eigenvalue weighted by Crippen LogP contribution is -2.58. The van der Waals surface area contributed by atoms with Crippen molar-refractivity contribution >= 4 is 17.9 Å². The first kappa shape index (κ1) is 48.8. The quantitative estimate of drug-likeness (QED) is 0.0908. The third-order valence-electron chi connectivity index (χ3n) is 14.5. The van der Waals surface area contributed by atoms with Crippen molar-refractivity contribution in [3.63, 3.8) is 0 Å². The third-order valence-corrected chi connectivity index (χ3v) is 14.5. The SMILES string of the molecule is CC/C=C/[C@H]1CCC[C@H](OC2CCC([N+](C)(C)COC(=O)OC(C)C)C(C)O2)[C@@H](C)C(=O)C2=C[C@H]3[C@@H]4C[C@H](OC5OC(C)C(OC)C(OC)C5CO)C[C@H]4C=C[C@H]3C2CC(=O)O1. The Balaban J connectivity index is 1.18. The maximum absolute atomic E-state index is 14.9. The number of Topliss-reactive ketones (excluding diaryl/α,β-unsaturated/α-hetero) is 1. The number of rotatable bonds is 13. The van der Waals surface area contributed by atoms with E-state index in [1.165, 1.54) is 0 Å². The predicted molar refractivity (Wildman–Crippen MR) is 229 cm³/mol. The van der Waals surface area contributed by atoms with Gasteiger partial charge in [-0.2, -0.15) is 0 Å². The van der Waals surface area contributed by atoms with Crippen LogP contribution < -0.4 is 0 Å². The first-order valence-electron chi connectivity index (χ1n) is 23.3. The summed E-state index contributed by atoms with van der Waals surface area (Å²) in [5, 5.41) is 10.4. The number of cyclic esters (lactones) is 1. The molecule has 4 fully saturated rings.